The highest BCUT2D eigenvalue weighted by molar-refractivity contribution is 5.92. The van der Waals surface area contributed by atoms with Crippen LogP contribution in [0.15, 0.2) is 73.2 Å². The highest BCUT2D eigenvalue weighted by Gasteiger charge is 2.46. The first-order valence-electron chi connectivity index (χ1n) is 33.9. The second kappa shape index (κ2) is 29.0. The van der Waals surface area contributed by atoms with E-state index in [1.54, 1.807) is 36.1 Å². The molecular formula is C74H117F2N9O4. The number of hydrogen-bond acceptors (Lipinski definition) is 8. The van der Waals surface area contributed by atoms with E-state index in [9.17, 15) is 28.0 Å². The summed E-state index contributed by atoms with van der Waals surface area (Å²) in [5.74, 6) is -0.761. The number of aryl methyl sites for hydroxylation is 1. The highest BCUT2D eigenvalue weighted by atomic mass is 19.1. The maximum Gasteiger partial charge on any atom is 0.271 e. The van der Waals surface area contributed by atoms with Crippen LogP contribution < -0.4 is 16.0 Å². The number of nitrogens with zero attached hydrogens (tertiary/aromatic N) is 6. The SMILES string of the molecule is CC(=O)N[C@H](C)C(=O)N[C@@H]1CCC2(CCN(CCC(C)(C)C)CC2)c2cc(F)ccc21.CCC(=O)N(C)[C@H]1CCC2(CCN(CCC(C)(C)C)CC2)c2ccccc21.Cn1cnc(C(=O)N[C@H]2CCC3(CCN(CCC(C)(C)C)CC3)c3cc(F)ccc32)c1.[HH].[HH].[HH]. The van der Waals surface area contributed by atoms with Gasteiger partial charge >= 0.3 is 0 Å². The Bertz CT molecular complexity index is 3060. The summed E-state index contributed by atoms with van der Waals surface area (Å²) in [5, 5.41) is 8.86. The molecule has 3 spiro atoms. The Balaban J connectivity index is 0.000000247. The van der Waals surface area contributed by atoms with Crippen LogP contribution >= 0.6 is 0 Å². The zero-order chi connectivity index (χ0) is 64.7. The summed E-state index contributed by atoms with van der Waals surface area (Å²) in [5.41, 5.74) is 9.00. The number of aromatic nitrogens is 2. The highest BCUT2D eigenvalue weighted by Crippen LogP contribution is 2.52. The van der Waals surface area contributed by atoms with Crippen molar-refractivity contribution in [3.8, 4) is 0 Å². The topological polar surface area (TPSA) is 135 Å². The number of imidazole rings is 1. The van der Waals surface area contributed by atoms with Crippen LogP contribution in [0.2, 0.25) is 0 Å². The largest absolute Gasteiger partial charge is 0.348 e. The monoisotopic (exact) mass is 1230 g/mol. The molecule has 4 aromatic rings. The van der Waals surface area contributed by atoms with Crippen LogP contribution in [0, 0.1) is 27.9 Å². The van der Waals surface area contributed by atoms with E-state index in [2.05, 4.69) is 122 Å². The molecule has 3 aromatic carbocycles. The van der Waals surface area contributed by atoms with Crippen LogP contribution in [0.5, 0.6) is 0 Å². The van der Waals surface area contributed by atoms with Crippen molar-refractivity contribution >= 4 is 23.6 Å². The van der Waals surface area contributed by atoms with E-state index in [0.29, 0.717) is 33.8 Å². The van der Waals surface area contributed by atoms with E-state index in [0.717, 1.165) is 119 Å². The molecule has 4 atom stereocenters. The zero-order valence-electron chi connectivity index (χ0n) is 57.0. The number of nitrogens with one attached hydrogen (secondary N) is 3. The third kappa shape index (κ3) is 18.0. The summed E-state index contributed by atoms with van der Waals surface area (Å²) in [6.45, 7) is 35.8. The summed E-state index contributed by atoms with van der Waals surface area (Å²) in [6.07, 6.45) is 20.2. The molecule has 0 saturated carbocycles. The van der Waals surface area contributed by atoms with Gasteiger partial charge in [-0.05, 0) is 252 Å². The van der Waals surface area contributed by atoms with Crippen molar-refractivity contribution in [2.24, 2.45) is 23.3 Å². The van der Waals surface area contributed by atoms with Crippen LogP contribution in [0.3, 0.4) is 0 Å². The lowest BCUT2D eigenvalue weighted by Crippen LogP contribution is -2.49. The molecule has 0 bridgehead atoms. The number of halogens is 2. The smallest absolute Gasteiger partial charge is 0.271 e. The molecule has 3 aliphatic heterocycles. The molecule has 496 valence electrons. The minimum atomic E-state index is -0.594. The van der Waals surface area contributed by atoms with Crippen molar-refractivity contribution in [1.29, 1.82) is 0 Å². The molecule has 4 amide bonds. The first-order chi connectivity index (χ1) is 41.9. The fourth-order valence-electron chi connectivity index (χ4n) is 15.2. The van der Waals surface area contributed by atoms with Crippen LogP contribution in [0.1, 0.15) is 252 Å². The molecule has 0 radical (unpaired) electrons. The summed E-state index contributed by atoms with van der Waals surface area (Å²) in [4.78, 5) is 62.8. The van der Waals surface area contributed by atoms with Gasteiger partial charge in [-0.25, -0.2) is 13.8 Å². The number of amides is 4. The van der Waals surface area contributed by atoms with Gasteiger partial charge in [0.25, 0.3) is 5.91 Å². The molecule has 3 saturated heterocycles. The minimum absolute atomic E-state index is 0. The Labute approximate surface area is 538 Å². The number of rotatable bonds is 13. The molecule has 13 nitrogen and oxygen atoms in total. The predicted molar refractivity (Wildman–Crippen MR) is 361 cm³/mol. The number of fused-ring (bicyclic) bond motifs is 6. The third-order valence-corrected chi connectivity index (χ3v) is 21.0. The van der Waals surface area contributed by atoms with Gasteiger partial charge in [-0.15, -0.1) is 0 Å². The molecular weight excluding hydrogens is 1120 g/mol. The fraction of sp³-hybridized carbons (Fsp3) is 0.662. The van der Waals surface area contributed by atoms with Gasteiger partial charge in [-0.2, -0.15) is 0 Å². The van der Waals surface area contributed by atoms with Gasteiger partial charge in [0, 0.05) is 37.9 Å². The van der Waals surface area contributed by atoms with Gasteiger partial charge < -0.3 is 40.1 Å². The van der Waals surface area contributed by atoms with E-state index < -0.39 is 6.04 Å². The van der Waals surface area contributed by atoms with Gasteiger partial charge in [-0.3, -0.25) is 19.2 Å². The molecule has 3 N–H and O–H groups in total. The Kier molecular flexibility index (Phi) is 22.6. The molecule has 3 fully saturated rings. The van der Waals surface area contributed by atoms with Crippen molar-refractivity contribution in [2.75, 3.05) is 66.0 Å². The molecule has 89 heavy (non-hydrogen) atoms. The van der Waals surface area contributed by atoms with Crippen molar-refractivity contribution < 1.29 is 32.2 Å². The lowest BCUT2D eigenvalue weighted by molar-refractivity contribution is -0.132. The number of likely N-dealkylation sites (tertiary alicyclic amines) is 3. The van der Waals surface area contributed by atoms with Crippen LogP contribution in [-0.2, 0) is 37.7 Å². The van der Waals surface area contributed by atoms with E-state index in [1.807, 2.05) is 38.1 Å². The number of hydrogen-bond donors (Lipinski definition) is 3. The van der Waals surface area contributed by atoms with Crippen molar-refractivity contribution in [2.45, 2.75) is 226 Å². The summed E-state index contributed by atoms with van der Waals surface area (Å²) in [7, 11) is 3.83. The Hall–Kier alpha value is -5.51. The van der Waals surface area contributed by atoms with Gasteiger partial charge in [0.2, 0.25) is 17.7 Å². The number of piperidine rings is 3. The van der Waals surface area contributed by atoms with Gasteiger partial charge in [0.15, 0.2) is 0 Å². The van der Waals surface area contributed by atoms with Gasteiger partial charge in [-0.1, -0.05) is 106 Å². The summed E-state index contributed by atoms with van der Waals surface area (Å²) >= 11 is 0. The van der Waals surface area contributed by atoms with Crippen LogP contribution in [0.4, 0.5) is 8.78 Å². The second-order valence-electron chi connectivity index (χ2n) is 31.3. The Morgan fingerprint density at radius 2 is 1.04 bits per heavy atom. The lowest BCUT2D eigenvalue weighted by atomic mass is 9.63. The first kappa shape index (κ1) is 69.4. The maximum absolute atomic E-state index is 14.3. The van der Waals surface area contributed by atoms with E-state index in [1.165, 1.54) is 88.3 Å². The summed E-state index contributed by atoms with van der Waals surface area (Å²) in [6, 6.07) is 18.5. The molecule has 3 aliphatic carbocycles. The molecule has 0 unspecified atom stereocenters. The maximum atomic E-state index is 14.3. The zero-order valence-corrected chi connectivity index (χ0v) is 57.0. The van der Waals surface area contributed by atoms with Crippen molar-refractivity contribution in [3.63, 3.8) is 0 Å². The summed E-state index contributed by atoms with van der Waals surface area (Å²) < 4.78 is 30.4. The van der Waals surface area contributed by atoms with Crippen molar-refractivity contribution in [3.05, 3.63) is 124 Å². The second-order valence-corrected chi connectivity index (χ2v) is 31.3. The minimum Gasteiger partial charge on any atom is -0.348 e. The first-order valence-corrected chi connectivity index (χ1v) is 33.9. The van der Waals surface area contributed by atoms with E-state index >= 15 is 0 Å². The van der Waals surface area contributed by atoms with Crippen molar-refractivity contribution in [1.82, 2.24) is 45.1 Å². The average molecular weight is 1230 g/mol. The molecule has 10 rings (SSSR count). The Morgan fingerprint density at radius 3 is 1.46 bits per heavy atom. The lowest BCUT2D eigenvalue weighted by Gasteiger charge is -2.48. The average Bonchev–Trinajstić information content (AvgIpc) is 0.841. The normalized spacial score (nSPS) is 21.8. The van der Waals surface area contributed by atoms with Crippen LogP contribution in [-0.4, -0.2) is 125 Å². The van der Waals surface area contributed by atoms with E-state index in [4.69, 9.17) is 0 Å². The standard InChI is InChI=1S/C25H35FN4O.C25H38FN3O2.C24H38N2O.3H2/c1-24(2,3)9-12-30-13-10-25(11-14-30)8-7-21(19-6-5-18(26)15-20(19)25)28-23(31)22-16-29(4)17-27-22;1-17(27-18(2)30)23(31)28-22-8-9-25(21-16-19(26)6-7-20(21)22)11-14-29(15-12-25)13-10-24(3,4)5;1-6-22(27)25(5)21-11-12-24(20-10-8-7-9-19(20)21)14-17-26(18-15-24)16-13-23(2,3)4;;;/h5-6,15-17,21H,7-14H2,1-4H3,(H,28,31);6-7,16-17,22H,8-15H2,1-5H3,(H,27,30)(H,28,31);7-10,21H,6,11-18H2,1-5H3;3*1H/t21-;17-,22-;21-;;;/m010.../s1. The number of benzene rings is 3. The Morgan fingerprint density at radius 1 is 0.618 bits per heavy atom. The van der Waals surface area contributed by atoms with Gasteiger partial charge in [0.1, 0.15) is 23.4 Å². The predicted octanol–water partition coefficient (Wildman–Crippen LogP) is 14.6. The van der Waals surface area contributed by atoms with E-state index in [-0.39, 0.29) is 68.5 Å². The van der Waals surface area contributed by atoms with Crippen LogP contribution in [0.25, 0.3) is 0 Å². The molecule has 1 aromatic heterocycles. The third-order valence-electron chi connectivity index (χ3n) is 21.0. The molecule has 4 heterocycles. The quantitative estimate of drug-likeness (QED) is 0.120. The fourth-order valence-corrected chi connectivity index (χ4v) is 15.2. The van der Waals surface area contributed by atoms with Gasteiger partial charge in [0.05, 0.1) is 24.5 Å². The molecule has 6 aliphatic rings. The number of carbonyl (C=O) groups is 4. The molecule has 15 heteroatoms. The number of carbonyl (C=O) groups excluding carboxylic acids is 4.